The van der Waals surface area contributed by atoms with E-state index in [1.54, 1.807) is 6.07 Å². The average molecular weight is 312 g/mol. The molecular formula is C14H12BrClO. The Bertz CT molecular complexity index is 496. The highest BCUT2D eigenvalue weighted by Crippen LogP contribution is 2.25. The zero-order valence-corrected chi connectivity index (χ0v) is 11.4. The molecule has 0 saturated heterocycles. The molecule has 0 aliphatic carbocycles. The number of aliphatic hydroxyl groups excluding tert-OH is 1. The number of halogens is 2. The van der Waals surface area contributed by atoms with E-state index in [9.17, 15) is 5.11 Å². The van der Waals surface area contributed by atoms with E-state index in [1.807, 2.05) is 42.5 Å². The Morgan fingerprint density at radius 1 is 1.06 bits per heavy atom. The highest BCUT2D eigenvalue weighted by atomic mass is 79.9. The third kappa shape index (κ3) is 3.32. The maximum atomic E-state index is 10.1. The second kappa shape index (κ2) is 5.67. The van der Waals surface area contributed by atoms with Gasteiger partial charge in [0, 0.05) is 15.9 Å². The normalized spacial score (nSPS) is 12.4. The number of aliphatic hydroxyl groups is 1. The molecule has 1 unspecified atom stereocenters. The summed E-state index contributed by atoms with van der Waals surface area (Å²) in [4.78, 5) is 0. The van der Waals surface area contributed by atoms with Gasteiger partial charge in [0.15, 0.2) is 0 Å². The van der Waals surface area contributed by atoms with Gasteiger partial charge in [-0.05, 0) is 29.3 Å². The van der Waals surface area contributed by atoms with E-state index in [0.29, 0.717) is 11.4 Å². The van der Waals surface area contributed by atoms with E-state index < -0.39 is 6.10 Å². The fraction of sp³-hybridized carbons (Fsp3) is 0.143. The van der Waals surface area contributed by atoms with Crippen molar-refractivity contribution in [2.24, 2.45) is 0 Å². The Balaban J connectivity index is 2.14. The molecule has 0 aliphatic rings. The summed E-state index contributed by atoms with van der Waals surface area (Å²) in [7, 11) is 0. The summed E-state index contributed by atoms with van der Waals surface area (Å²) in [5, 5.41) is 10.7. The summed E-state index contributed by atoms with van der Waals surface area (Å²) in [5.41, 5.74) is 1.86. The van der Waals surface area contributed by atoms with E-state index in [-0.39, 0.29) is 0 Å². The molecular weight excluding hydrogens is 300 g/mol. The van der Waals surface area contributed by atoms with Gasteiger partial charge in [0.25, 0.3) is 0 Å². The Morgan fingerprint density at radius 3 is 2.35 bits per heavy atom. The van der Waals surface area contributed by atoms with E-state index in [2.05, 4.69) is 15.9 Å². The molecule has 88 valence electrons. The topological polar surface area (TPSA) is 20.2 Å². The van der Waals surface area contributed by atoms with Gasteiger partial charge in [-0.3, -0.25) is 0 Å². The first-order valence-corrected chi connectivity index (χ1v) is 6.51. The van der Waals surface area contributed by atoms with Crippen molar-refractivity contribution in [2.75, 3.05) is 0 Å². The van der Waals surface area contributed by atoms with Crippen molar-refractivity contribution in [2.45, 2.75) is 12.5 Å². The summed E-state index contributed by atoms with van der Waals surface area (Å²) >= 11 is 9.43. The predicted octanol–water partition coefficient (Wildman–Crippen LogP) is 4.38. The van der Waals surface area contributed by atoms with Crippen LogP contribution in [0.2, 0.25) is 5.02 Å². The molecule has 0 saturated carbocycles. The van der Waals surface area contributed by atoms with Gasteiger partial charge in [0.05, 0.1) is 6.10 Å². The maximum Gasteiger partial charge on any atom is 0.0844 e. The van der Waals surface area contributed by atoms with Crippen molar-refractivity contribution in [3.05, 3.63) is 69.2 Å². The van der Waals surface area contributed by atoms with Crippen LogP contribution in [0.25, 0.3) is 0 Å². The van der Waals surface area contributed by atoms with Gasteiger partial charge in [-0.2, -0.15) is 0 Å². The minimum absolute atomic E-state index is 0.565. The first-order valence-electron chi connectivity index (χ1n) is 5.34. The Morgan fingerprint density at radius 2 is 1.71 bits per heavy atom. The van der Waals surface area contributed by atoms with Crippen LogP contribution in [0, 0.1) is 0 Å². The molecule has 0 fully saturated rings. The molecule has 0 aliphatic heterocycles. The standard InChI is InChI=1S/C14H12BrClO/c15-11-7-5-10(6-8-11)9-14(17)12-3-1-2-4-13(12)16/h1-8,14,17H,9H2. The summed E-state index contributed by atoms with van der Waals surface area (Å²) in [6.07, 6.45) is 0.00155. The number of hydrogen-bond acceptors (Lipinski definition) is 1. The molecule has 0 bridgehead atoms. The van der Waals surface area contributed by atoms with Gasteiger partial charge in [0.2, 0.25) is 0 Å². The first-order chi connectivity index (χ1) is 8.16. The highest BCUT2D eigenvalue weighted by molar-refractivity contribution is 9.10. The maximum absolute atomic E-state index is 10.1. The molecule has 0 spiro atoms. The summed E-state index contributed by atoms with van der Waals surface area (Å²) in [6.45, 7) is 0. The van der Waals surface area contributed by atoms with Crippen LogP contribution in [0.5, 0.6) is 0 Å². The Kier molecular flexibility index (Phi) is 4.21. The SMILES string of the molecule is OC(Cc1ccc(Br)cc1)c1ccccc1Cl. The van der Waals surface area contributed by atoms with Crippen LogP contribution in [-0.4, -0.2) is 5.11 Å². The van der Waals surface area contributed by atoms with Crippen LogP contribution in [0.1, 0.15) is 17.2 Å². The fourth-order valence-electron chi connectivity index (χ4n) is 1.70. The first kappa shape index (κ1) is 12.6. The quantitative estimate of drug-likeness (QED) is 0.892. The van der Waals surface area contributed by atoms with Crippen LogP contribution in [-0.2, 0) is 6.42 Å². The van der Waals surface area contributed by atoms with Crippen LogP contribution in [0.4, 0.5) is 0 Å². The zero-order valence-electron chi connectivity index (χ0n) is 9.11. The third-order valence-electron chi connectivity index (χ3n) is 2.61. The lowest BCUT2D eigenvalue weighted by Gasteiger charge is -2.12. The van der Waals surface area contributed by atoms with Gasteiger partial charge in [-0.1, -0.05) is 57.9 Å². The molecule has 0 amide bonds. The number of hydrogen-bond donors (Lipinski definition) is 1. The second-order valence-electron chi connectivity index (χ2n) is 3.87. The van der Waals surface area contributed by atoms with Crippen molar-refractivity contribution < 1.29 is 5.11 Å². The minimum atomic E-state index is -0.565. The van der Waals surface area contributed by atoms with Gasteiger partial charge < -0.3 is 5.11 Å². The Hall–Kier alpha value is -0.830. The predicted molar refractivity (Wildman–Crippen MR) is 74.3 cm³/mol. The summed E-state index contributed by atoms with van der Waals surface area (Å²) in [6, 6.07) is 15.3. The average Bonchev–Trinajstić information content (AvgIpc) is 2.32. The van der Waals surface area contributed by atoms with Crippen molar-refractivity contribution in [1.29, 1.82) is 0 Å². The van der Waals surface area contributed by atoms with Crippen molar-refractivity contribution in [3.8, 4) is 0 Å². The number of rotatable bonds is 3. The van der Waals surface area contributed by atoms with Crippen LogP contribution < -0.4 is 0 Å². The molecule has 2 aromatic rings. The van der Waals surface area contributed by atoms with Gasteiger partial charge in [0.1, 0.15) is 0 Å². The minimum Gasteiger partial charge on any atom is -0.388 e. The van der Waals surface area contributed by atoms with E-state index >= 15 is 0 Å². The molecule has 1 nitrogen and oxygen atoms in total. The van der Waals surface area contributed by atoms with Gasteiger partial charge in [-0.25, -0.2) is 0 Å². The van der Waals surface area contributed by atoms with Crippen LogP contribution >= 0.6 is 27.5 Å². The lowest BCUT2D eigenvalue weighted by atomic mass is 10.0. The van der Waals surface area contributed by atoms with Gasteiger partial charge in [-0.15, -0.1) is 0 Å². The largest absolute Gasteiger partial charge is 0.388 e. The zero-order chi connectivity index (χ0) is 12.3. The highest BCUT2D eigenvalue weighted by Gasteiger charge is 2.11. The molecule has 1 N–H and O–H groups in total. The summed E-state index contributed by atoms with van der Waals surface area (Å²) < 4.78 is 1.04. The summed E-state index contributed by atoms with van der Waals surface area (Å²) in [5.74, 6) is 0. The van der Waals surface area contributed by atoms with E-state index in [1.165, 1.54) is 0 Å². The molecule has 17 heavy (non-hydrogen) atoms. The monoisotopic (exact) mass is 310 g/mol. The lowest BCUT2D eigenvalue weighted by Crippen LogP contribution is -2.02. The van der Waals surface area contributed by atoms with E-state index in [0.717, 1.165) is 15.6 Å². The van der Waals surface area contributed by atoms with E-state index in [4.69, 9.17) is 11.6 Å². The molecule has 0 aromatic heterocycles. The smallest absolute Gasteiger partial charge is 0.0844 e. The lowest BCUT2D eigenvalue weighted by molar-refractivity contribution is 0.178. The van der Waals surface area contributed by atoms with Crippen molar-refractivity contribution in [1.82, 2.24) is 0 Å². The second-order valence-corrected chi connectivity index (χ2v) is 5.19. The molecule has 0 radical (unpaired) electrons. The third-order valence-corrected chi connectivity index (χ3v) is 3.48. The van der Waals surface area contributed by atoms with Crippen LogP contribution in [0.15, 0.2) is 53.0 Å². The Labute approximate surface area is 114 Å². The fourth-order valence-corrected chi connectivity index (χ4v) is 2.23. The molecule has 1 atom stereocenters. The number of benzene rings is 2. The van der Waals surface area contributed by atoms with Crippen molar-refractivity contribution >= 4 is 27.5 Å². The molecule has 0 heterocycles. The van der Waals surface area contributed by atoms with Gasteiger partial charge >= 0.3 is 0 Å². The van der Waals surface area contributed by atoms with Crippen LogP contribution in [0.3, 0.4) is 0 Å². The molecule has 2 aromatic carbocycles. The molecule has 2 rings (SSSR count). The molecule has 3 heteroatoms. The van der Waals surface area contributed by atoms with Crippen molar-refractivity contribution in [3.63, 3.8) is 0 Å².